The smallest absolute Gasteiger partial charge is 0.338 e. The topological polar surface area (TPSA) is 119 Å². The molecule has 1 N–H and O–H groups in total. The third-order valence-electron chi connectivity index (χ3n) is 4.89. The number of imide groups is 1. The van der Waals surface area contributed by atoms with Crippen LogP contribution in [0.4, 0.5) is 10.8 Å². The fraction of sp³-hybridized carbons (Fsp3) is 0.182. The van der Waals surface area contributed by atoms with Crippen molar-refractivity contribution < 1.29 is 23.9 Å². The molecule has 0 saturated carbocycles. The number of hydrogen-bond acceptors (Lipinski definition) is 8. The lowest BCUT2D eigenvalue weighted by atomic mass is 10.1. The first-order valence-corrected chi connectivity index (χ1v) is 11.5. The summed E-state index contributed by atoms with van der Waals surface area (Å²) in [5.41, 5.74) is 1.84. The van der Waals surface area contributed by atoms with E-state index in [9.17, 15) is 19.2 Å². The van der Waals surface area contributed by atoms with Gasteiger partial charge >= 0.3 is 5.97 Å². The zero-order valence-electron chi connectivity index (χ0n) is 17.5. The summed E-state index contributed by atoms with van der Waals surface area (Å²) in [5.74, 6) is -2.41. The Hall–Kier alpha value is -3.44. The highest BCUT2D eigenvalue weighted by atomic mass is 79.9. The molecule has 0 bridgehead atoms. The number of esters is 1. The van der Waals surface area contributed by atoms with Gasteiger partial charge in [0.25, 0.3) is 17.7 Å². The number of carbonyl (C=O) groups is 4. The van der Waals surface area contributed by atoms with Gasteiger partial charge in [-0.25, -0.2) is 9.69 Å². The highest BCUT2D eigenvalue weighted by molar-refractivity contribution is 9.10. The minimum Gasteiger partial charge on any atom is -0.452 e. The largest absolute Gasteiger partial charge is 0.452 e. The van der Waals surface area contributed by atoms with Gasteiger partial charge in [-0.3, -0.25) is 14.4 Å². The summed E-state index contributed by atoms with van der Waals surface area (Å²) in [6.45, 7) is 3.17. The van der Waals surface area contributed by atoms with Crippen LogP contribution in [-0.2, 0) is 16.0 Å². The van der Waals surface area contributed by atoms with Crippen LogP contribution in [0.1, 0.15) is 48.6 Å². The minimum absolute atomic E-state index is 0.0517. The van der Waals surface area contributed by atoms with Gasteiger partial charge in [-0.15, -0.1) is 10.2 Å². The van der Waals surface area contributed by atoms with Gasteiger partial charge in [0.05, 0.1) is 16.7 Å². The molecular formula is C22H17BrN4O5S. The molecule has 2 aromatic carbocycles. The average Bonchev–Trinajstić information content (AvgIpc) is 3.33. The number of fused-ring (bicyclic) bond motifs is 1. The number of aromatic nitrogens is 2. The van der Waals surface area contributed by atoms with E-state index >= 15 is 0 Å². The molecule has 3 amide bonds. The average molecular weight is 529 g/mol. The number of carbonyl (C=O) groups excluding carboxylic acids is 4. The molecule has 0 spiro atoms. The molecule has 3 aromatic rings. The van der Waals surface area contributed by atoms with E-state index < -0.39 is 30.3 Å². The molecule has 0 atom stereocenters. The fourth-order valence-electron chi connectivity index (χ4n) is 3.30. The molecule has 9 nitrogen and oxygen atoms in total. The number of hydrogen-bond donors (Lipinski definition) is 1. The number of amides is 3. The molecule has 11 heteroatoms. The highest BCUT2D eigenvalue weighted by Crippen LogP contribution is 2.31. The van der Waals surface area contributed by atoms with Crippen molar-refractivity contribution in [3.05, 3.63) is 68.1 Å². The van der Waals surface area contributed by atoms with E-state index in [-0.39, 0.29) is 21.8 Å². The van der Waals surface area contributed by atoms with Crippen molar-refractivity contribution in [3.63, 3.8) is 0 Å². The summed E-state index contributed by atoms with van der Waals surface area (Å²) in [6.07, 6.45) is 0.713. The Morgan fingerprint density at radius 2 is 1.85 bits per heavy atom. The van der Waals surface area contributed by atoms with Crippen LogP contribution in [0.2, 0.25) is 0 Å². The van der Waals surface area contributed by atoms with Gasteiger partial charge in [0.1, 0.15) is 5.01 Å². The number of benzene rings is 2. The predicted octanol–water partition coefficient (Wildman–Crippen LogP) is 3.77. The number of halogens is 1. The summed E-state index contributed by atoms with van der Waals surface area (Å²) >= 11 is 4.50. The van der Waals surface area contributed by atoms with Crippen LogP contribution < -0.4 is 10.2 Å². The number of aryl methyl sites for hydroxylation is 2. The van der Waals surface area contributed by atoms with Gasteiger partial charge in [-0.1, -0.05) is 34.2 Å². The number of anilines is 2. The molecule has 0 unspecified atom stereocenters. The number of ether oxygens (including phenoxy) is 1. The van der Waals surface area contributed by atoms with Crippen molar-refractivity contribution in [3.8, 4) is 0 Å². The standard InChI is InChI=1S/C22H17BrN4O5S/c1-3-12-8-14(23)5-7-17(12)24-18(28)10-32-21(31)13-4-6-15-16(9-13)20(30)27(19(15)29)22-26-25-11(2)33-22/h4-9H,3,10H2,1-2H3,(H,24,28). The van der Waals surface area contributed by atoms with Gasteiger partial charge in [0, 0.05) is 10.2 Å². The second-order valence-electron chi connectivity index (χ2n) is 7.09. The summed E-state index contributed by atoms with van der Waals surface area (Å²) in [7, 11) is 0. The molecule has 0 saturated heterocycles. The van der Waals surface area contributed by atoms with Crippen LogP contribution in [-0.4, -0.2) is 40.5 Å². The van der Waals surface area contributed by atoms with E-state index in [2.05, 4.69) is 31.4 Å². The second kappa shape index (κ2) is 9.20. The molecule has 33 heavy (non-hydrogen) atoms. The maximum Gasteiger partial charge on any atom is 0.338 e. The van der Waals surface area contributed by atoms with Crippen LogP contribution in [0.15, 0.2) is 40.9 Å². The Morgan fingerprint density at radius 1 is 1.09 bits per heavy atom. The molecule has 1 aromatic heterocycles. The lowest BCUT2D eigenvalue weighted by Crippen LogP contribution is -2.29. The number of nitrogens with one attached hydrogen (secondary N) is 1. The zero-order chi connectivity index (χ0) is 23.7. The van der Waals surface area contributed by atoms with Gasteiger partial charge < -0.3 is 10.1 Å². The van der Waals surface area contributed by atoms with E-state index in [1.165, 1.54) is 18.2 Å². The lowest BCUT2D eigenvalue weighted by molar-refractivity contribution is -0.119. The SMILES string of the molecule is CCc1cc(Br)ccc1NC(=O)COC(=O)c1ccc2c(c1)C(=O)N(c1nnc(C)s1)C2=O. The maximum absolute atomic E-state index is 12.8. The van der Waals surface area contributed by atoms with E-state index in [0.717, 1.165) is 26.3 Å². The van der Waals surface area contributed by atoms with Crippen LogP contribution in [0, 0.1) is 6.92 Å². The molecule has 168 valence electrons. The number of rotatable bonds is 6. The van der Waals surface area contributed by atoms with Crippen LogP contribution in [0.3, 0.4) is 0 Å². The number of nitrogens with zero attached hydrogens (tertiary/aromatic N) is 3. The molecular weight excluding hydrogens is 512 g/mol. The molecule has 4 rings (SSSR count). The summed E-state index contributed by atoms with van der Waals surface area (Å²) in [5, 5.41) is 11.2. The van der Waals surface area contributed by atoms with E-state index in [4.69, 9.17) is 4.74 Å². The van der Waals surface area contributed by atoms with Crippen molar-refractivity contribution in [2.45, 2.75) is 20.3 Å². The van der Waals surface area contributed by atoms with Crippen LogP contribution in [0.5, 0.6) is 0 Å². The maximum atomic E-state index is 12.8. The molecule has 0 fully saturated rings. The van der Waals surface area contributed by atoms with E-state index in [1.54, 1.807) is 19.1 Å². The third kappa shape index (κ3) is 4.55. The van der Waals surface area contributed by atoms with Gasteiger partial charge in [-0.05, 0) is 55.3 Å². The normalized spacial score (nSPS) is 12.6. The monoisotopic (exact) mass is 528 g/mol. The molecule has 1 aliphatic heterocycles. The van der Waals surface area contributed by atoms with Crippen molar-refractivity contribution in [1.29, 1.82) is 0 Å². The molecule has 2 heterocycles. The van der Waals surface area contributed by atoms with Crippen LogP contribution >= 0.6 is 27.3 Å². The molecule has 0 radical (unpaired) electrons. The van der Waals surface area contributed by atoms with E-state index in [1.807, 2.05) is 13.0 Å². The Balaban J connectivity index is 1.43. The Morgan fingerprint density at radius 3 is 2.55 bits per heavy atom. The van der Waals surface area contributed by atoms with Gasteiger partial charge in [-0.2, -0.15) is 0 Å². The van der Waals surface area contributed by atoms with Gasteiger partial charge in [0.2, 0.25) is 5.13 Å². The Kier molecular flexibility index (Phi) is 6.34. The molecule has 0 aliphatic carbocycles. The Labute approximate surface area is 200 Å². The van der Waals surface area contributed by atoms with Crippen molar-refractivity contribution in [2.75, 3.05) is 16.8 Å². The Bertz CT molecular complexity index is 1310. The molecule has 1 aliphatic rings. The second-order valence-corrected chi connectivity index (χ2v) is 9.16. The zero-order valence-corrected chi connectivity index (χ0v) is 19.9. The highest BCUT2D eigenvalue weighted by Gasteiger charge is 2.39. The fourth-order valence-corrected chi connectivity index (χ4v) is 4.39. The predicted molar refractivity (Wildman–Crippen MR) is 125 cm³/mol. The third-order valence-corrected chi connectivity index (χ3v) is 6.20. The first-order chi connectivity index (χ1) is 15.8. The minimum atomic E-state index is -0.787. The van der Waals surface area contributed by atoms with Crippen molar-refractivity contribution >= 4 is 61.8 Å². The first kappa shape index (κ1) is 22.7. The van der Waals surface area contributed by atoms with Crippen molar-refractivity contribution in [2.24, 2.45) is 0 Å². The van der Waals surface area contributed by atoms with E-state index in [0.29, 0.717) is 17.1 Å². The summed E-state index contributed by atoms with van der Waals surface area (Å²) in [4.78, 5) is 51.1. The van der Waals surface area contributed by atoms with Gasteiger partial charge in [0.15, 0.2) is 6.61 Å². The van der Waals surface area contributed by atoms with Crippen molar-refractivity contribution in [1.82, 2.24) is 10.2 Å². The first-order valence-electron chi connectivity index (χ1n) is 9.86. The summed E-state index contributed by atoms with van der Waals surface area (Å²) in [6, 6.07) is 9.51. The summed E-state index contributed by atoms with van der Waals surface area (Å²) < 4.78 is 6.00. The van der Waals surface area contributed by atoms with Crippen LogP contribution in [0.25, 0.3) is 0 Å². The quantitative estimate of drug-likeness (QED) is 0.382. The lowest BCUT2D eigenvalue weighted by Gasteiger charge is -2.11.